The SMILES string of the molecule is Cc1nc(SC2CC(C)OC2=O)c2c(C)c(C)sc2n1. The van der Waals surface area contributed by atoms with E-state index in [1.54, 1.807) is 11.3 Å². The van der Waals surface area contributed by atoms with Gasteiger partial charge >= 0.3 is 5.97 Å². The van der Waals surface area contributed by atoms with Crippen molar-refractivity contribution in [3.05, 3.63) is 16.3 Å². The van der Waals surface area contributed by atoms with Crippen molar-refractivity contribution in [2.45, 2.75) is 50.5 Å². The number of nitrogens with zero attached hydrogens (tertiary/aromatic N) is 2. The molecule has 0 saturated carbocycles. The number of carbonyl (C=O) groups is 1. The lowest BCUT2D eigenvalue weighted by Gasteiger charge is -2.07. The number of thioether (sulfide) groups is 1. The van der Waals surface area contributed by atoms with Gasteiger partial charge in [0.2, 0.25) is 0 Å². The number of hydrogen-bond acceptors (Lipinski definition) is 6. The van der Waals surface area contributed by atoms with Gasteiger partial charge in [0.25, 0.3) is 0 Å². The maximum atomic E-state index is 11.8. The number of fused-ring (bicyclic) bond motifs is 1. The Morgan fingerprint density at radius 2 is 2.05 bits per heavy atom. The quantitative estimate of drug-likeness (QED) is 0.628. The molecule has 0 N–H and O–H groups in total. The number of esters is 1. The topological polar surface area (TPSA) is 52.1 Å². The molecule has 1 aliphatic heterocycles. The van der Waals surface area contributed by atoms with Gasteiger partial charge in [0.1, 0.15) is 27.0 Å². The molecule has 1 fully saturated rings. The molecule has 20 heavy (non-hydrogen) atoms. The van der Waals surface area contributed by atoms with Gasteiger partial charge in [0.05, 0.1) is 0 Å². The maximum Gasteiger partial charge on any atom is 0.319 e. The van der Waals surface area contributed by atoms with E-state index >= 15 is 0 Å². The summed E-state index contributed by atoms with van der Waals surface area (Å²) in [6, 6.07) is 0. The molecular formula is C14H16N2O2S2. The summed E-state index contributed by atoms with van der Waals surface area (Å²) in [4.78, 5) is 23.1. The van der Waals surface area contributed by atoms with E-state index in [-0.39, 0.29) is 17.3 Å². The van der Waals surface area contributed by atoms with Crippen LogP contribution in [0.25, 0.3) is 10.2 Å². The highest BCUT2D eigenvalue weighted by Gasteiger charge is 2.33. The largest absolute Gasteiger partial charge is 0.462 e. The molecule has 1 saturated heterocycles. The average Bonchev–Trinajstić information content (AvgIpc) is 2.80. The number of hydrogen-bond donors (Lipinski definition) is 0. The molecule has 0 amide bonds. The van der Waals surface area contributed by atoms with Crippen LogP contribution in [0.15, 0.2) is 5.03 Å². The van der Waals surface area contributed by atoms with Crippen LogP contribution in [0.1, 0.15) is 29.6 Å². The highest BCUT2D eigenvalue weighted by Crippen LogP contribution is 2.39. The standard InChI is InChI=1S/C14H16N2O2S2/c1-6-5-10(14(17)18-6)20-13-11-7(2)8(3)19-12(11)15-9(4)16-13/h6,10H,5H2,1-4H3. The van der Waals surface area contributed by atoms with Crippen LogP contribution in [0.2, 0.25) is 0 Å². The summed E-state index contributed by atoms with van der Waals surface area (Å²) < 4.78 is 5.22. The number of carbonyl (C=O) groups excluding carboxylic acids is 1. The zero-order valence-corrected chi connectivity index (χ0v) is 13.5. The van der Waals surface area contributed by atoms with Crippen LogP contribution >= 0.6 is 23.1 Å². The van der Waals surface area contributed by atoms with Crippen LogP contribution < -0.4 is 0 Å². The monoisotopic (exact) mass is 308 g/mol. The van der Waals surface area contributed by atoms with Crippen molar-refractivity contribution in [3.63, 3.8) is 0 Å². The third kappa shape index (κ3) is 2.31. The second-order valence-corrected chi connectivity index (χ2v) is 7.52. The van der Waals surface area contributed by atoms with Gasteiger partial charge in [-0.15, -0.1) is 11.3 Å². The Balaban J connectivity index is 2.04. The van der Waals surface area contributed by atoms with E-state index in [0.29, 0.717) is 0 Å². The highest BCUT2D eigenvalue weighted by molar-refractivity contribution is 8.00. The summed E-state index contributed by atoms with van der Waals surface area (Å²) in [6.45, 7) is 8.01. The molecule has 0 spiro atoms. The molecule has 2 aromatic heterocycles. The third-order valence-electron chi connectivity index (χ3n) is 3.49. The number of thiophene rings is 1. The molecule has 3 heterocycles. The van der Waals surface area contributed by atoms with Crippen molar-refractivity contribution in [3.8, 4) is 0 Å². The summed E-state index contributed by atoms with van der Waals surface area (Å²) in [5.74, 6) is 0.622. The van der Waals surface area contributed by atoms with Gasteiger partial charge in [-0.3, -0.25) is 4.79 Å². The van der Waals surface area contributed by atoms with Crippen LogP contribution in [-0.4, -0.2) is 27.3 Å². The Morgan fingerprint density at radius 3 is 2.70 bits per heavy atom. The van der Waals surface area contributed by atoms with E-state index in [2.05, 4.69) is 23.8 Å². The summed E-state index contributed by atoms with van der Waals surface area (Å²) in [7, 11) is 0. The van der Waals surface area contributed by atoms with Gasteiger partial charge in [-0.05, 0) is 33.3 Å². The maximum absolute atomic E-state index is 11.8. The fourth-order valence-electron chi connectivity index (χ4n) is 2.35. The predicted octanol–water partition coefficient (Wildman–Crippen LogP) is 3.41. The van der Waals surface area contributed by atoms with Crippen LogP contribution in [0.5, 0.6) is 0 Å². The van der Waals surface area contributed by atoms with Gasteiger partial charge in [-0.25, -0.2) is 9.97 Å². The number of aromatic nitrogens is 2. The molecule has 3 rings (SSSR count). The van der Waals surface area contributed by atoms with Crippen LogP contribution in [0.3, 0.4) is 0 Å². The summed E-state index contributed by atoms with van der Waals surface area (Å²) in [6.07, 6.45) is 0.750. The van der Waals surface area contributed by atoms with E-state index in [0.717, 1.165) is 27.5 Å². The summed E-state index contributed by atoms with van der Waals surface area (Å²) >= 11 is 3.20. The van der Waals surface area contributed by atoms with Crippen molar-refractivity contribution in [1.82, 2.24) is 9.97 Å². The number of rotatable bonds is 2. The second kappa shape index (κ2) is 5.00. The molecular weight excluding hydrogens is 292 g/mol. The molecule has 0 aromatic carbocycles. The molecule has 4 nitrogen and oxygen atoms in total. The van der Waals surface area contributed by atoms with Crippen molar-refractivity contribution in [1.29, 1.82) is 0 Å². The van der Waals surface area contributed by atoms with Gasteiger partial charge in [0, 0.05) is 16.7 Å². The number of ether oxygens (including phenoxy) is 1. The van der Waals surface area contributed by atoms with Crippen LogP contribution in [-0.2, 0) is 9.53 Å². The molecule has 1 aliphatic rings. The Morgan fingerprint density at radius 1 is 1.30 bits per heavy atom. The number of aryl methyl sites for hydroxylation is 3. The van der Waals surface area contributed by atoms with Crippen molar-refractivity contribution in [2.75, 3.05) is 0 Å². The minimum Gasteiger partial charge on any atom is -0.462 e. The smallest absolute Gasteiger partial charge is 0.319 e. The van der Waals surface area contributed by atoms with Gasteiger partial charge in [-0.2, -0.15) is 0 Å². The molecule has 2 atom stereocenters. The fraction of sp³-hybridized carbons (Fsp3) is 0.500. The van der Waals surface area contributed by atoms with E-state index in [1.165, 1.54) is 22.2 Å². The van der Waals surface area contributed by atoms with Crippen molar-refractivity contribution >= 4 is 39.3 Å². The van der Waals surface area contributed by atoms with Crippen LogP contribution in [0, 0.1) is 20.8 Å². The lowest BCUT2D eigenvalue weighted by molar-refractivity contribution is -0.140. The minimum atomic E-state index is -0.151. The normalized spacial score (nSPS) is 22.5. The second-order valence-electron chi connectivity index (χ2n) is 5.13. The Bertz CT molecular complexity index is 696. The van der Waals surface area contributed by atoms with E-state index in [1.807, 2.05) is 13.8 Å². The first kappa shape index (κ1) is 13.8. The fourth-order valence-corrected chi connectivity index (χ4v) is 4.83. The molecule has 0 aliphatic carbocycles. The molecule has 2 unspecified atom stereocenters. The predicted molar refractivity (Wildman–Crippen MR) is 81.4 cm³/mol. The average molecular weight is 308 g/mol. The lowest BCUT2D eigenvalue weighted by Crippen LogP contribution is -2.10. The van der Waals surface area contributed by atoms with E-state index < -0.39 is 0 Å². The summed E-state index contributed by atoms with van der Waals surface area (Å²) in [5.41, 5.74) is 1.21. The molecule has 0 radical (unpaired) electrons. The lowest BCUT2D eigenvalue weighted by atomic mass is 10.2. The number of cyclic esters (lactones) is 1. The molecule has 2 aromatic rings. The highest BCUT2D eigenvalue weighted by atomic mass is 32.2. The van der Waals surface area contributed by atoms with Gasteiger partial charge < -0.3 is 4.74 Å². The zero-order chi connectivity index (χ0) is 14.4. The molecule has 6 heteroatoms. The first-order chi connectivity index (χ1) is 9.45. The molecule has 0 bridgehead atoms. The Labute approximate surface area is 126 Å². The van der Waals surface area contributed by atoms with Crippen LogP contribution in [0.4, 0.5) is 0 Å². The van der Waals surface area contributed by atoms with Crippen molar-refractivity contribution < 1.29 is 9.53 Å². The first-order valence-electron chi connectivity index (χ1n) is 6.57. The first-order valence-corrected chi connectivity index (χ1v) is 8.27. The van der Waals surface area contributed by atoms with E-state index in [4.69, 9.17) is 4.74 Å². The zero-order valence-electron chi connectivity index (χ0n) is 11.9. The molecule has 106 valence electrons. The van der Waals surface area contributed by atoms with E-state index in [9.17, 15) is 4.79 Å². The Hall–Kier alpha value is -1.14. The van der Waals surface area contributed by atoms with Gasteiger partial charge in [0.15, 0.2) is 0 Å². The third-order valence-corrected chi connectivity index (χ3v) is 5.78. The summed E-state index contributed by atoms with van der Waals surface area (Å²) in [5, 5.41) is 1.85. The Kier molecular flexibility index (Phi) is 3.46. The minimum absolute atomic E-state index is 0.00346. The van der Waals surface area contributed by atoms with Crippen molar-refractivity contribution in [2.24, 2.45) is 0 Å². The van der Waals surface area contributed by atoms with Gasteiger partial charge in [-0.1, -0.05) is 11.8 Å².